The number of benzene rings is 3. The van der Waals surface area contributed by atoms with Gasteiger partial charge >= 0.3 is 0 Å². The first-order valence-corrected chi connectivity index (χ1v) is 13.9. The number of aryl methyl sites for hydroxylation is 1. The number of imidazole rings is 1. The number of carbonyl (C=O) groups is 1. The summed E-state index contributed by atoms with van der Waals surface area (Å²) in [5.74, 6) is 0.901. The zero-order chi connectivity index (χ0) is 27.3. The minimum absolute atomic E-state index is 0.185. The molecule has 39 heavy (non-hydrogen) atoms. The molecule has 0 bridgehead atoms. The fourth-order valence-electron chi connectivity index (χ4n) is 5.25. The number of fused-ring (bicyclic) bond motifs is 1. The maximum absolute atomic E-state index is 14.3. The molecular formula is C30H26ClFN4O2S. The van der Waals surface area contributed by atoms with Crippen LogP contribution in [0, 0.1) is 12.7 Å². The molecule has 3 heterocycles. The highest BCUT2D eigenvalue weighted by Gasteiger charge is 2.45. The van der Waals surface area contributed by atoms with E-state index in [1.807, 2.05) is 55.1 Å². The topological polar surface area (TPSA) is 71.1 Å². The van der Waals surface area contributed by atoms with Crippen molar-refractivity contribution in [1.29, 1.82) is 0 Å². The SMILES string of the molecule is COc1cccc(-c2nc(C(=O)N3CCCC3(C)c3nc4c(C)c(Cl)ccc4[nH]3)c(-c3ccc(F)cc3)s2)c1. The van der Waals surface area contributed by atoms with Crippen molar-refractivity contribution in [2.45, 2.75) is 32.2 Å². The van der Waals surface area contributed by atoms with Gasteiger partial charge in [-0.1, -0.05) is 35.9 Å². The molecule has 6 nitrogen and oxygen atoms in total. The molecule has 6 rings (SSSR count). The second-order valence-electron chi connectivity index (χ2n) is 9.92. The Morgan fingerprint density at radius 2 is 1.92 bits per heavy atom. The number of nitrogens with zero attached hydrogens (tertiary/aromatic N) is 3. The number of rotatable bonds is 5. The van der Waals surface area contributed by atoms with Crippen LogP contribution in [0.2, 0.25) is 5.02 Å². The predicted octanol–water partition coefficient (Wildman–Crippen LogP) is 7.61. The molecule has 0 aliphatic carbocycles. The molecule has 1 atom stereocenters. The highest BCUT2D eigenvalue weighted by Crippen LogP contribution is 2.42. The Labute approximate surface area is 234 Å². The summed E-state index contributed by atoms with van der Waals surface area (Å²) < 4.78 is 19.2. The van der Waals surface area contributed by atoms with E-state index in [1.54, 1.807) is 19.2 Å². The number of H-pyrrole nitrogens is 1. The third kappa shape index (κ3) is 4.37. The van der Waals surface area contributed by atoms with Gasteiger partial charge in [-0.2, -0.15) is 0 Å². The average molecular weight is 561 g/mol. The maximum atomic E-state index is 14.3. The Kier molecular flexibility index (Phi) is 6.40. The van der Waals surface area contributed by atoms with Crippen LogP contribution in [-0.4, -0.2) is 39.4 Å². The van der Waals surface area contributed by atoms with Gasteiger partial charge in [0.25, 0.3) is 5.91 Å². The lowest BCUT2D eigenvalue weighted by molar-refractivity contribution is 0.0601. The van der Waals surface area contributed by atoms with Crippen LogP contribution in [0.15, 0.2) is 60.7 Å². The summed E-state index contributed by atoms with van der Waals surface area (Å²) in [5.41, 5.74) is 3.85. The second kappa shape index (κ2) is 9.77. The van der Waals surface area contributed by atoms with E-state index in [0.717, 1.165) is 46.4 Å². The van der Waals surface area contributed by atoms with E-state index >= 15 is 0 Å². The Bertz CT molecular complexity index is 1710. The number of methoxy groups -OCH3 is 1. The maximum Gasteiger partial charge on any atom is 0.274 e. The van der Waals surface area contributed by atoms with E-state index in [1.165, 1.54) is 23.5 Å². The normalized spacial score (nSPS) is 17.2. The van der Waals surface area contributed by atoms with E-state index in [9.17, 15) is 9.18 Å². The van der Waals surface area contributed by atoms with Crippen LogP contribution in [0.3, 0.4) is 0 Å². The van der Waals surface area contributed by atoms with Crippen LogP contribution in [0.5, 0.6) is 5.75 Å². The molecule has 2 aromatic heterocycles. The van der Waals surface area contributed by atoms with Crippen molar-refractivity contribution < 1.29 is 13.9 Å². The summed E-state index contributed by atoms with van der Waals surface area (Å²) in [6.07, 6.45) is 1.59. The fraction of sp³-hybridized carbons (Fsp3) is 0.233. The quantitative estimate of drug-likeness (QED) is 0.240. The van der Waals surface area contributed by atoms with Gasteiger partial charge in [0.2, 0.25) is 0 Å². The molecule has 1 N–H and O–H groups in total. The van der Waals surface area contributed by atoms with Crippen LogP contribution < -0.4 is 4.74 Å². The van der Waals surface area contributed by atoms with E-state index in [0.29, 0.717) is 32.9 Å². The first kappa shape index (κ1) is 25.5. The number of hydrogen-bond donors (Lipinski definition) is 1. The standard InChI is InChI=1S/C30H26ClFN4O2S/c1-17-22(31)12-13-23-24(17)35-29(33-23)30(2)14-5-15-36(30)28(37)25-26(18-8-10-20(32)11-9-18)39-27(34-25)19-6-4-7-21(16-19)38-3/h4,6-13,16H,5,14-15H2,1-3H3,(H,33,35). The van der Waals surface area contributed by atoms with Crippen molar-refractivity contribution in [3.63, 3.8) is 0 Å². The molecule has 1 amide bonds. The third-order valence-corrected chi connectivity index (χ3v) is 9.05. The van der Waals surface area contributed by atoms with Gasteiger partial charge in [-0.05, 0) is 74.2 Å². The van der Waals surface area contributed by atoms with Crippen molar-refractivity contribution in [2.24, 2.45) is 0 Å². The Hall–Kier alpha value is -3.75. The van der Waals surface area contributed by atoms with Crippen molar-refractivity contribution in [3.8, 4) is 26.8 Å². The van der Waals surface area contributed by atoms with Crippen molar-refractivity contribution >= 4 is 39.9 Å². The lowest BCUT2D eigenvalue weighted by atomic mass is 9.97. The summed E-state index contributed by atoms with van der Waals surface area (Å²) in [4.78, 5) is 30.1. The summed E-state index contributed by atoms with van der Waals surface area (Å²) in [6, 6.07) is 17.5. The van der Waals surface area contributed by atoms with Crippen LogP contribution in [0.4, 0.5) is 4.39 Å². The number of halogens is 2. The molecule has 0 spiro atoms. The van der Waals surface area contributed by atoms with Crippen molar-refractivity contribution in [2.75, 3.05) is 13.7 Å². The minimum atomic E-state index is -0.658. The van der Waals surface area contributed by atoms with E-state index < -0.39 is 5.54 Å². The number of carbonyl (C=O) groups excluding carboxylic acids is 1. The molecule has 0 radical (unpaired) electrons. The number of aromatic nitrogens is 3. The highest BCUT2D eigenvalue weighted by atomic mass is 35.5. The first-order valence-electron chi connectivity index (χ1n) is 12.7. The van der Waals surface area contributed by atoms with Crippen LogP contribution >= 0.6 is 22.9 Å². The number of amides is 1. The molecule has 1 aliphatic rings. The average Bonchev–Trinajstić information content (AvgIpc) is 3.69. The lowest BCUT2D eigenvalue weighted by Gasteiger charge is -2.33. The van der Waals surface area contributed by atoms with E-state index in [-0.39, 0.29) is 11.7 Å². The largest absolute Gasteiger partial charge is 0.497 e. The molecule has 1 saturated heterocycles. The van der Waals surface area contributed by atoms with Crippen LogP contribution in [-0.2, 0) is 5.54 Å². The van der Waals surface area contributed by atoms with Crippen molar-refractivity contribution in [1.82, 2.24) is 19.9 Å². The lowest BCUT2D eigenvalue weighted by Crippen LogP contribution is -2.44. The number of aromatic amines is 1. The van der Waals surface area contributed by atoms with Gasteiger partial charge in [-0.3, -0.25) is 4.79 Å². The van der Waals surface area contributed by atoms with E-state index in [4.69, 9.17) is 26.3 Å². The molecule has 5 aromatic rings. The second-order valence-corrected chi connectivity index (χ2v) is 11.3. The molecule has 1 unspecified atom stereocenters. The number of ether oxygens (including phenoxy) is 1. The van der Waals surface area contributed by atoms with Gasteiger partial charge in [-0.15, -0.1) is 11.3 Å². The molecule has 3 aromatic carbocycles. The highest BCUT2D eigenvalue weighted by molar-refractivity contribution is 7.18. The molecule has 0 saturated carbocycles. The molecule has 198 valence electrons. The molecular weight excluding hydrogens is 535 g/mol. The van der Waals surface area contributed by atoms with Gasteiger partial charge < -0.3 is 14.6 Å². The van der Waals surface area contributed by atoms with Gasteiger partial charge in [0, 0.05) is 17.1 Å². The number of thiazole rings is 1. The smallest absolute Gasteiger partial charge is 0.274 e. The predicted molar refractivity (Wildman–Crippen MR) is 153 cm³/mol. The first-order chi connectivity index (χ1) is 18.8. The Morgan fingerprint density at radius 1 is 1.13 bits per heavy atom. The third-order valence-electron chi connectivity index (χ3n) is 7.49. The van der Waals surface area contributed by atoms with Gasteiger partial charge in [-0.25, -0.2) is 14.4 Å². The number of likely N-dealkylation sites (tertiary alicyclic amines) is 1. The summed E-state index contributed by atoms with van der Waals surface area (Å²) in [6.45, 7) is 4.56. The molecule has 9 heteroatoms. The van der Waals surface area contributed by atoms with Gasteiger partial charge in [0.15, 0.2) is 0 Å². The Balaban J connectivity index is 1.45. The monoisotopic (exact) mass is 560 g/mol. The summed E-state index contributed by atoms with van der Waals surface area (Å²) in [7, 11) is 1.61. The molecule has 1 aliphatic heterocycles. The number of hydrogen-bond acceptors (Lipinski definition) is 5. The fourth-order valence-corrected chi connectivity index (χ4v) is 6.46. The van der Waals surface area contributed by atoms with E-state index in [2.05, 4.69) is 4.98 Å². The summed E-state index contributed by atoms with van der Waals surface area (Å²) in [5, 5.41) is 1.34. The number of nitrogens with one attached hydrogen (secondary N) is 1. The zero-order valence-electron chi connectivity index (χ0n) is 21.7. The summed E-state index contributed by atoms with van der Waals surface area (Å²) >= 11 is 7.76. The van der Waals surface area contributed by atoms with Crippen molar-refractivity contribution in [3.05, 3.63) is 88.6 Å². The van der Waals surface area contributed by atoms with Crippen LogP contribution in [0.1, 0.15) is 41.6 Å². The molecule has 1 fully saturated rings. The van der Waals surface area contributed by atoms with Crippen LogP contribution in [0.25, 0.3) is 32.0 Å². The van der Waals surface area contributed by atoms with Gasteiger partial charge in [0.1, 0.15) is 28.1 Å². The van der Waals surface area contributed by atoms with Gasteiger partial charge in [0.05, 0.1) is 28.6 Å². The zero-order valence-corrected chi connectivity index (χ0v) is 23.3. The minimum Gasteiger partial charge on any atom is -0.497 e. The Morgan fingerprint density at radius 3 is 2.69 bits per heavy atom.